The smallest absolute Gasteiger partial charge is 0.247 e. The molecule has 1 amide bonds. The van der Waals surface area contributed by atoms with Crippen LogP contribution in [-0.2, 0) is 4.79 Å². The highest BCUT2D eigenvalue weighted by molar-refractivity contribution is 5.78. The summed E-state index contributed by atoms with van der Waals surface area (Å²) in [5, 5.41) is 28.6. The lowest BCUT2D eigenvalue weighted by Crippen LogP contribution is -2.40. The Morgan fingerprint density at radius 2 is 2.00 bits per heavy atom. The molecule has 0 saturated carbocycles. The van der Waals surface area contributed by atoms with E-state index in [1.54, 1.807) is 0 Å². The maximum Gasteiger partial charge on any atom is 0.247 e. The van der Waals surface area contributed by atoms with Gasteiger partial charge < -0.3 is 26.4 Å². The lowest BCUT2D eigenvalue weighted by molar-refractivity contribution is -0.125. The first-order chi connectivity index (χ1) is 5.57. The molecule has 0 heterocycles. The second kappa shape index (κ2) is 5.90. The molecule has 0 aromatic rings. The highest BCUT2D eigenvalue weighted by atomic mass is 16.3. The number of rotatable bonds is 6. The Balaban J connectivity index is 3.37. The Morgan fingerprint density at radius 3 is 2.42 bits per heavy atom. The minimum atomic E-state index is -1.25. The first-order valence-electron chi connectivity index (χ1n) is 3.55. The number of aliphatic hydroxyl groups is 3. The minimum absolute atomic E-state index is 0.0214. The van der Waals surface area contributed by atoms with E-state index in [1.165, 1.54) is 0 Å². The zero-order valence-corrected chi connectivity index (χ0v) is 6.60. The Labute approximate surface area is 70.0 Å². The number of aliphatic hydroxyl groups excluding tert-OH is 3. The van der Waals surface area contributed by atoms with E-state index in [-0.39, 0.29) is 19.7 Å². The SMILES string of the molecule is NC(=O)C(O)CNC[C@H](O)CO. The first kappa shape index (κ1) is 11.3. The largest absolute Gasteiger partial charge is 0.394 e. The van der Waals surface area contributed by atoms with E-state index in [9.17, 15) is 4.79 Å². The van der Waals surface area contributed by atoms with Crippen molar-refractivity contribution >= 4 is 5.91 Å². The Hall–Kier alpha value is -0.690. The predicted molar refractivity (Wildman–Crippen MR) is 41.2 cm³/mol. The van der Waals surface area contributed by atoms with Crippen LogP contribution in [0.2, 0.25) is 0 Å². The summed E-state index contributed by atoms with van der Waals surface area (Å²) in [5.74, 6) is -0.819. The second-order valence-corrected chi connectivity index (χ2v) is 2.41. The molecule has 0 aromatic heterocycles. The van der Waals surface area contributed by atoms with E-state index in [0.717, 1.165) is 0 Å². The van der Waals surface area contributed by atoms with Crippen molar-refractivity contribution < 1.29 is 20.1 Å². The van der Waals surface area contributed by atoms with Crippen molar-refractivity contribution in [3.05, 3.63) is 0 Å². The summed E-state index contributed by atoms with van der Waals surface area (Å²) in [4.78, 5) is 10.3. The van der Waals surface area contributed by atoms with Gasteiger partial charge in [0, 0.05) is 13.1 Å². The molecule has 6 N–H and O–H groups in total. The molecule has 0 rings (SSSR count). The quantitative estimate of drug-likeness (QED) is 0.293. The summed E-state index contributed by atoms with van der Waals surface area (Å²) in [6.07, 6.45) is -2.14. The van der Waals surface area contributed by atoms with Gasteiger partial charge in [0.25, 0.3) is 0 Å². The number of carbonyl (C=O) groups excluding carboxylic acids is 1. The summed E-state index contributed by atoms with van der Waals surface area (Å²) in [7, 11) is 0. The van der Waals surface area contributed by atoms with Crippen LogP contribution in [-0.4, -0.2) is 53.1 Å². The third-order valence-corrected chi connectivity index (χ3v) is 1.26. The van der Waals surface area contributed by atoms with Crippen molar-refractivity contribution in [3.8, 4) is 0 Å². The molecule has 0 spiro atoms. The molecule has 0 radical (unpaired) electrons. The number of primary amides is 1. The number of amides is 1. The van der Waals surface area contributed by atoms with Crippen molar-refractivity contribution in [2.24, 2.45) is 5.73 Å². The van der Waals surface area contributed by atoms with Gasteiger partial charge in [-0.15, -0.1) is 0 Å². The first-order valence-corrected chi connectivity index (χ1v) is 3.55. The molecule has 0 aliphatic heterocycles. The fourth-order valence-corrected chi connectivity index (χ4v) is 0.552. The standard InChI is InChI=1S/C6H14N2O4/c7-6(12)5(11)2-8-1-4(10)3-9/h4-5,8-11H,1-3H2,(H2,7,12)/t4-,5?/m0/s1. The van der Waals surface area contributed by atoms with Crippen molar-refractivity contribution in [2.75, 3.05) is 19.7 Å². The number of nitrogens with one attached hydrogen (secondary N) is 1. The van der Waals surface area contributed by atoms with Crippen LogP contribution in [0.3, 0.4) is 0 Å². The van der Waals surface area contributed by atoms with Gasteiger partial charge in [0.1, 0.15) is 6.10 Å². The van der Waals surface area contributed by atoms with Crippen LogP contribution in [0.5, 0.6) is 0 Å². The fourth-order valence-electron chi connectivity index (χ4n) is 0.552. The van der Waals surface area contributed by atoms with Gasteiger partial charge in [-0.1, -0.05) is 0 Å². The molecule has 0 aliphatic carbocycles. The zero-order valence-electron chi connectivity index (χ0n) is 6.60. The Bertz CT molecular complexity index is 142. The molecule has 2 atom stereocenters. The molecule has 1 unspecified atom stereocenters. The number of carbonyl (C=O) groups is 1. The van der Waals surface area contributed by atoms with E-state index in [1.807, 2.05) is 0 Å². The van der Waals surface area contributed by atoms with Gasteiger partial charge in [-0.3, -0.25) is 4.79 Å². The second-order valence-electron chi connectivity index (χ2n) is 2.41. The molecule has 6 nitrogen and oxygen atoms in total. The van der Waals surface area contributed by atoms with Crippen molar-refractivity contribution in [3.63, 3.8) is 0 Å². The van der Waals surface area contributed by atoms with Crippen LogP contribution in [0.4, 0.5) is 0 Å². The molecular weight excluding hydrogens is 164 g/mol. The third-order valence-electron chi connectivity index (χ3n) is 1.26. The summed E-state index contributed by atoms with van der Waals surface area (Å²) in [6, 6.07) is 0. The van der Waals surface area contributed by atoms with Gasteiger partial charge in [0.15, 0.2) is 0 Å². The van der Waals surface area contributed by atoms with Gasteiger partial charge in [-0.25, -0.2) is 0 Å². The molecule has 0 saturated heterocycles. The number of hydrogen-bond acceptors (Lipinski definition) is 5. The van der Waals surface area contributed by atoms with Crippen LogP contribution in [0.15, 0.2) is 0 Å². The average molecular weight is 178 g/mol. The van der Waals surface area contributed by atoms with Crippen LogP contribution in [0.25, 0.3) is 0 Å². The summed E-state index contributed by atoms with van der Waals surface area (Å²) >= 11 is 0. The van der Waals surface area contributed by atoms with Gasteiger partial charge >= 0.3 is 0 Å². The van der Waals surface area contributed by atoms with Crippen LogP contribution < -0.4 is 11.1 Å². The highest BCUT2D eigenvalue weighted by Gasteiger charge is 2.10. The maximum absolute atomic E-state index is 10.3. The molecule has 12 heavy (non-hydrogen) atoms. The normalized spacial score (nSPS) is 15.6. The zero-order chi connectivity index (χ0) is 9.56. The lowest BCUT2D eigenvalue weighted by atomic mass is 10.3. The van der Waals surface area contributed by atoms with E-state index < -0.39 is 18.1 Å². The van der Waals surface area contributed by atoms with Crippen molar-refractivity contribution in [1.29, 1.82) is 0 Å². The molecule has 0 aromatic carbocycles. The van der Waals surface area contributed by atoms with E-state index in [4.69, 9.17) is 21.1 Å². The van der Waals surface area contributed by atoms with Crippen molar-refractivity contribution in [2.45, 2.75) is 12.2 Å². The van der Waals surface area contributed by atoms with Crippen LogP contribution >= 0.6 is 0 Å². The Morgan fingerprint density at radius 1 is 1.42 bits per heavy atom. The molecule has 6 heteroatoms. The van der Waals surface area contributed by atoms with Gasteiger partial charge in [0.2, 0.25) is 5.91 Å². The molecule has 0 bridgehead atoms. The van der Waals surface area contributed by atoms with Crippen LogP contribution in [0, 0.1) is 0 Å². The Kier molecular flexibility index (Phi) is 5.56. The van der Waals surface area contributed by atoms with Gasteiger partial charge in [0.05, 0.1) is 12.7 Å². The minimum Gasteiger partial charge on any atom is -0.394 e. The number of nitrogens with two attached hydrogens (primary N) is 1. The molecular formula is C6H14N2O4. The maximum atomic E-state index is 10.3. The van der Waals surface area contributed by atoms with E-state index >= 15 is 0 Å². The van der Waals surface area contributed by atoms with Gasteiger partial charge in [-0.05, 0) is 0 Å². The number of hydrogen-bond donors (Lipinski definition) is 5. The fraction of sp³-hybridized carbons (Fsp3) is 0.833. The van der Waals surface area contributed by atoms with Crippen LogP contribution in [0.1, 0.15) is 0 Å². The summed E-state index contributed by atoms with van der Waals surface area (Å²) in [5.41, 5.74) is 4.74. The van der Waals surface area contributed by atoms with Crippen molar-refractivity contribution in [1.82, 2.24) is 5.32 Å². The van der Waals surface area contributed by atoms with E-state index in [0.29, 0.717) is 0 Å². The molecule has 0 fully saturated rings. The average Bonchev–Trinajstić information content (AvgIpc) is 2.03. The lowest BCUT2D eigenvalue weighted by Gasteiger charge is -2.10. The monoisotopic (exact) mass is 178 g/mol. The topological polar surface area (TPSA) is 116 Å². The van der Waals surface area contributed by atoms with E-state index in [2.05, 4.69) is 5.32 Å². The third kappa shape index (κ3) is 5.03. The molecule has 0 aliphatic rings. The highest BCUT2D eigenvalue weighted by Crippen LogP contribution is 1.80. The summed E-state index contributed by atoms with van der Waals surface area (Å²) in [6.45, 7) is -0.271. The summed E-state index contributed by atoms with van der Waals surface area (Å²) < 4.78 is 0. The predicted octanol–water partition coefficient (Wildman–Crippen LogP) is -3.22. The van der Waals surface area contributed by atoms with Gasteiger partial charge in [-0.2, -0.15) is 0 Å². The molecule has 72 valence electrons.